The molecule has 2 aliphatic carbocycles. The van der Waals surface area contributed by atoms with E-state index < -0.39 is 5.41 Å². The van der Waals surface area contributed by atoms with Gasteiger partial charge in [-0.3, -0.25) is 4.79 Å². The average Bonchev–Trinajstić information content (AvgIpc) is 3.05. The summed E-state index contributed by atoms with van der Waals surface area (Å²) in [5, 5.41) is 3.25. The van der Waals surface area contributed by atoms with Gasteiger partial charge >= 0.3 is 0 Å². The van der Waals surface area contributed by atoms with Gasteiger partial charge in [0, 0.05) is 11.6 Å². The number of carbonyl (C=O) groups excluding carboxylic acids is 1. The number of hydrogen-bond donors (Lipinski definition) is 1. The smallest absolute Gasteiger partial charge is 0.237 e. The predicted octanol–water partition coefficient (Wildman–Crippen LogP) is 5.04. The molecule has 0 aliphatic heterocycles. The Kier molecular flexibility index (Phi) is 3.49. The molecule has 1 saturated carbocycles. The number of amides is 1. The quantitative estimate of drug-likeness (QED) is 0.686. The lowest BCUT2D eigenvalue weighted by atomic mass is 9.67. The third kappa shape index (κ3) is 2.03. The van der Waals surface area contributed by atoms with Gasteiger partial charge in [0.1, 0.15) is 0 Å². The Morgan fingerprint density at radius 1 is 1.04 bits per heavy atom. The zero-order valence-electron chi connectivity index (χ0n) is 16.8. The fourth-order valence-electron chi connectivity index (χ4n) is 5.44. The van der Waals surface area contributed by atoms with Crippen LogP contribution in [0.2, 0.25) is 0 Å². The molecule has 0 radical (unpaired) electrons. The average molecular weight is 371 g/mol. The van der Waals surface area contributed by atoms with E-state index in [4.69, 9.17) is 9.97 Å². The van der Waals surface area contributed by atoms with Gasteiger partial charge in [-0.25, -0.2) is 9.97 Å². The van der Waals surface area contributed by atoms with Crippen molar-refractivity contribution < 1.29 is 4.79 Å². The fraction of sp³-hybridized carbons (Fsp3) is 0.375. The molecule has 1 N–H and O–H groups in total. The van der Waals surface area contributed by atoms with Crippen molar-refractivity contribution in [1.29, 1.82) is 0 Å². The first-order valence-electron chi connectivity index (χ1n) is 10.0. The second-order valence-corrected chi connectivity index (χ2v) is 8.87. The number of rotatable bonds is 2. The van der Waals surface area contributed by atoms with E-state index in [0.29, 0.717) is 0 Å². The standard InChI is InChI=1S/C24H25N3O/c1-14-8-7-11-17(15(14)2)27-22(28)24-13-12-16(23(24,3)4)20-21(24)26-19-10-6-5-9-18(19)25-20/h5-11,16H,12-13H2,1-4H3,(H,27,28). The van der Waals surface area contributed by atoms with E-state index in [2.05, 4.69) is 39.1 Å². The Balaban J connectivity index is 1.67. The maximum Gasteiger partial charge on any atom is 0.237 e. The number of fused-ring (bicyclic) bond motifs is 6. The van der Waals surface area contributed by atoms with Gasteiger partial charge in [0.15, 0.2) is 0 Å². The minimum absolute atomic E-state index is 0.0528. The highest BCUT2D eigenvalue weighted by Crippen LogP contribution is 2.67. The molecule has 3 aromatic rings. The van der Waals surface area contributed by atoms with Crippen molar-refractivity contribution >= 4 is 22.6 Å². The number of aryl methyl sites for hydroxylation is 1. The lowest BCUT2D eigenvalue weighted by Crippen LogP contribution is -2.46. The summed E-state index contributed by atoms with van der Waals surface area (Å²) in [6.07, 6.45) is 1.80. The molecule has 0 saturated heterocycles. The molecule has 1 heterocycles. The highest BCUT2D eigenvalue weighted by Gasteiger charge is 2.67. The zero-order chi connectivity index (χ0) is 19.7. The summed E-state index contributed by atoms with van der Waals surface area (Å²) >= 11 is 0. The molecule has 142 valence electrons. The van der Waals surface area contributed by atoms with E-state index in [0.717, 1.165) is 46.5 Å². The van der Waals surface area contributed by atoms with E-state index in [1.807, 2.05) is 36.4 Å². The number of benzene rings is 2. The molecule has 2 aromatic carbocycles. The molecule has 5 rings (SSSR count). The Bertz CT molecular complexity index is 1130. The summed E-state index contributed by atoms with van der Waals surface area (Å²) in [6.45, 7) is 8.55. The molecule has 4 heteroatoms. The van der Waals surface area contributed by atoms with Crippen molar-refractivity contribution in [2.75, 3.05) is 5.32 Å². The predicted molar refractivity (Wildman–Crippen MR) is 112 cm³/mol. The molecule has 2 atom stereocenters. The van der Waals surface area contributed by atoms with Gasteiger partial charge in [-0.05, 0) is 61.4 Å². The molecule has 2 unspecified atom stereocenters. The molecule has 2 bridgehead atoms. The van der Waals surface area contributed by atoms with Crippen LogP contribution in [0.3, 0.4) is 0 Å². The molecule has 1 amide bonds. The van der Waals surface area contributed by atoms with Crippen LogP contribution < -0.4 is 5.32 Å². The Morgan fingerprint density at radius 3 is 2.50 bits per heavy atom. The van der Waals surface area contributed by atoms with Crippen molar-refractivity contribution in [3.8, 4) is 0 Å². The molecule has 4 nitrogen and oxygen atoms in total. The summed E-state index contributed by atoms with van der Waals surface area (Å²) in [6, 6.07) is 14.0. The monoisotopic (exact) mass is 371 g/mol. The normalized spacial score (nSPS) is 24.4. The number of hydrogen-bond acceptors (Lipinski definition) is 3. The van der Waals surface area contributed by atoms with Crippen molar-refractivity contribution in [1.82, 2.24) is 9.97 Å². The van der Waals surface area contributed by atoms with Gasteiger partial charge in [-0.1, -0.05) is 38.1 Å². The van der Waals surface area contributed by atoms with Crippen molar-refractivity contribution in [3.05, 3.63) is 65.0 Å². The Labute approximate surface area is 165 Å². The van der Waals surface area contributed by atoms with Crippen LogP contribution in [0.5, 0.6) is 0 Å². The highest BCUT2D eigenvalue weighted by atomic mass is 16.2. The Hall–Kier alpha value is -2.75. The molecule has 28 heavy (non-hydrogen) atoms. The first kappa shape index (κ1) is 17.4. The second kappa shape index (κ2) is 5.63. The molecule has 2 aliphatic rings. The third-order valence-electron chi connectivity index (χ3n) is 7.35. The van der Waals surface area contributed by atoms with Crippen LogP contribution >= 0.6 is 0 Å². The second-order valence-electron chi connectivity index (χ2n) is 8.87. The van der Waals surface area contributed by atoms with E-state index in [1.165, 1.54) is 5.56 Å². The molecule has 0 spiro atoms. The summed E-state index contributed by atoms with van der Waals surface area (Å²) < 4.78 is 0. The first-order chi connectivity index (χ1) is 13.4. The number of aromatic nitrogens is 2. The Morgan fingerprint density at radius 2 is 1.75 bits per heavy atom. The molecule has 1 fully saturated rings. The van der Waals surface area contributed by atoms with Gasteiger partial charge in [-0.2, -0.15) is 0 Å². The lowest BCUT2D eigenvalue weighted by Gasteiger charge is -2.36. The summed E-state index contributed by atoms with van der Waals surface area (Å²) in [7, 11) is 0. The van der Waals surface area contributed by atoms with Gasteiger partial charge in [0.2, 0.25) is 5.91 Å². The van der Waals surface area contributed by atoms with E-state index in [-0.39, 0.29) is 17.2 Å². The number of nitrogens with one attached hydrogen (secondary N) is 1. The SMILES string of the molecule is Cc1cccc(NC(=O)C23CCC(c4nc5ccccc5nc42)C3(C)C)c1C. The van der Waals surface area contributed by atoms with E-state index >= 15 is 0 Å². The van der Waals surface area contributed by atoms with Crippen molar-refractivity contribution in [2.24, 2.45) is 5.41 Å². The molecular weight excluding hydrogens is 346 g/mol. The first-order valence-corrected chi connectivity index (χ1v) is 10.0. The maximum atomic E-state index is 13.8. The zero-order valence-corrected chi connectivity index (χ0v) is 16.8. The largest absolute Gasteiger partial charge is 0.325 e. The van der Waals surface area contributed by atoms with Gasteiger partial charge in [0.25, 0.3) is 0 Å². The lowest BCUT2D eigenvalue weighted by molar-refractivity contribution is -0.124. The summed E-state index contributed by atoms with van der Waals surface area (Å²) in [4.78, 5) is 23.7. The maximum absolute atomic E-state index is 13.8. The van der Waals surface area contributed by atoms with Crippen LogP contribution in [0.25, 0.3) is 11.0 Å². The number of anilines is 1. The number of carbonyl (C=O) groups is 1. The van der Waals surface area contributed by atoms with Gasteiger partial charge in [-0.15, -0.1) is 0 Å². The molecular formula is C24H25N3O. The van der Waals surface area contributed by atoms with Crippen LogP contribution in [-0.2, 0) is 10.2 Å². The van der Waals surface area contributed by atoms with Gasteiger partial charge in [0.05, 0.1) is 27.8 Å². The minimum Gasteiger partial charge on any atom is -0.325 e. The van der Waals surface area contributed by atoms with Crippen LogP contribution in [0.15, 0.2) is 42.5 Å². The van der Waals surface area contributed by atoms with Crippen LogP contribution in [0, 0.1) is 19.3 Å². The van der Waals surface area contributed by atoms with Crippen molar-refractivity contribution in [2.45, 2.75) is 51.9 Å². The minimum atomic E-state index is -0.639. The van der Waals surface area contributed by atoms with Gasteiger partial charge < -0.3 is 5.32 Å². The van der Waals surface area contributed by atoms with Crippen LogP contribution in [0.4, 0.5) is 5.69 Å². The third-order valence-corrected chi connectivity index (χ3v) is 7.35. The van der Waals surface area contributed by atoms with E-state index in [1.54, 1.807) is 0 Å². The van der Waals surface area contributed by atoms with Crippen LogP contribution in [-0.4, -0.2) is 15.9 Å². The highest BCUT2D eigenvalue weighted by molar-refractivity contribution is 6.02. The summed E-state index contributed by atoms with van der Waals surface area (Å²) in [5.41, 5.74) is 6.01. The number of para-hydroxylation sites is 2. The van der Waals surface area contributed by atoms with Crippen molar-refractivity contribution in [3.63, 3.8) is 0 Å². The topological polar surface area (TPSA) is 54.9 Å². The van der Waals surface area contributed by atoms with E-state index in [9.17, 15) is 4.79 Å². The number of nitrogens with zero attached hydrogens (tertiary/aromatic N) is 2. The summed E-state index contributed by atoms with van der Waals surface area (Å²) in [5.74, 6) is 0.320. The molecule has 1 aromatic heterocycles. The fourth-order valence-corrected chi connectivity index (χ4v) is 5.44. The van der Waals surface area contributed by atoms with Crippen LogP contribution in [0.1, 0.15) is 55.1 Å².